The summed E-state index contributed by atoms with van der Waals surface area (Å²) in [7, 11) is 0. The van der Waals surface area contributed by atoms with Crippen molar-refractivity contribution in [3.05, 3.63) is 41.4 Å². The Labute approximate surface area is 140 Å². The molecule has 0 saturated heterocycles. The third-order valence-electron chi connectivity index (χ3n) is 3.23. The minimum atomic E-state index is 0.395. The number of hydrogen-bond donors (Lipinski definition) is 1. The van der Waals surface area contributed by atoms with Gasteiger partial charge in [0.25, 0.3) is 0 Å². The van der Waals surface area contributed by atoms with Gasteiger partial charge in [-0.3, -0.25) is 5.32 Å². The zero-order valence-electron chi connectivity index (χ0n) is 12.2. The molecule has 0 aliphatic rings. The highest BCUT2D eigenvalue weighted by Gasteiger charge is 2.10. The zero-order chi connectivity index (χ0) is 15.8. The molecular weight excluding hydrogens is 334 g/mol. The predicted octanol–water partition coefficient (Wildman–Crippen LogP) is 5.23. The van der Waals surface area contributed by atoms with Crippen molar-refractivity contribution in [3.8, 4) is 5.75 Å². The number of fused-ring (bicyclic) bond motifs is 2. The average Bonchev–Trinajstić information content (AvgIpc) is 3.09. The first-order valence-electron chi connectivity index (χ1n) is 7.08. The van der Waals surface area contributed by atoms with Crippen LogP contribution in [-0.4, -0.2) is 16.6 Å². The first-order valence-corrected chi connectivity index (χ1v) is 8.27. The molecule has 4 rings (SSSR count). The lowest BCUT2D eigenvalue weighted by atomic mass is 10.3. The monoisotopic (exact) mass is 345 g/mol. The lowest BCUT2D eigenvalue weighted by molar-refractivity contribution is 0.341. The Balaban J connectivity index is 1.65. The van der Waals surface area contributed by atoms with Gasteiger partial charge in [0, 0.05) is 5.02 Å². The lowest BCUT2D eigenvalue weighted by Gasteiger charge is -2.00. The fourth-order valence-electron chi connectivity index (χ4n) is 2.26. The second-order valence-electron chi connectivity index (χ2n) is 4.84. The summed E-state index contributed by atoms with van der Waals surface area (Å²) in [5.41, 5.74) is 2.29. The first kappa shape index (κ1) is 14.3. The molecule has 2 aromatic carbocycles. The molecule has 0 bridgehead atoms. The Morgan fingerprint density at radius 2 is 2.09 bits per heavy atom. The molecule has 0 fully saturated rings. The molecule has 1 N–H and O–H groups in total. The third kappa shape index (κ3) is 2.83. The van der Waals surface area contributed by atoms with Gasteiger partial charge in [-0.1, -0.05) is 22.9 Å². The summed E-state index contributed by atoms with van der Waals surface area (Å²) in [6.07, 6.45) is 0. The largest absolute Gasteiger partial charge is 0.494 e. The van der Waals surface area contributed by atoms with Gasteiger partial charge in [-0.15, -0.1) is 0 Å². The van der Waals surface area contributed by atoms with Crippen molar-refractivity contribution in [1.29, 1.82) is 0 Å². The summed E-state index contributed by atoms with van der Waals surface area (Å²) in [5, 5.41) is 4.44. The highest BCUT2D eigenvalue weighted by molar-refractivity contribution is 7.22. The number of benzene rings is 2. The maximum Gasteiger partial charge on any atom is 0.302 e. The van der Waals surface area contributed by atoms with Gasteiger partial charge in [0.15, 0.2) is 10.7 Å². The standard InChI is InChI=1S/C16H12ClN3O2S/c1-2-21-10-4-5-11-14(8-10)23-16(19-11)20-15-18-12-7-9(17)3-6-13(12)22-15/h3-8H,2H2,1H3,(H,18,19,20). The van der Waals surface area contributed by atoms with Gasteiger partial charge in [-0.2, -0.15) is 4.98 Å². The minimum Gasteiger partial charge on any atom is -0.494 e. The molecule has 0 atom stereocenters. The number of ether oxygens (including phenoxy) is 1. The number of aromatic nitrogens is 2. The summed E-state index contributed by atoms with van der Waals surface area (Å²) in [6, 6.07) is 11.6. The van der Waals surface area contributed by atoms with E-state index in [4.69, 9.17) is 20.8 Å². The number of hydrogen-bond acceptors (Lipinski definition) is 6. The molecule has 2 heterocycles. The van der Waals surface area contributed by atoms with E-state index in [1.807, 2.05) is 25.1 Å². The first-order chi connectivity index (χ1) is 11.2. The SMILES string of the molecule is CCOc1ccc2nc(Nc3nc4cc(Cl)ccc4o3)sc2c1. The fraction of sp³-hybridized carbons (Fsp3) is 0.125. The Morgan fingerprint density at radius 3 is 2.96 bits per heavy atom. The van der Waals surface area contributed by atoms with Crippen LogP contribution in [0.3, 0.4) is 0 Å². The maximum absolute atomic E-state index is 5.96. The topological polar surface area (TPSA) is 60.2 Å². The van der Waals surface area contributed by atoms with E-state index in [0.717, 1.165) is 16.0 Å². The van der Waals surface area contributed by atoms with Crippen LogP contribution < -0.4 is 10.1 Å². The van der Waals surface area contributed by atoms with Gasteiger partial charge in [0.05, 0.1) is 16.8 Å². The molecule has 2 aromatic heterocycles. The second-order valence-corrected chi connectivity index (χ2v) is 6.30. The minimum absolute atomic E-state index is 0.395. The molecule has 0 saturated carbocycles. The molecular formula is C16H12ClN3O2S. The van der Waals surface area contributed by atoms with Crippen molar-refractivity contribution in [3.63, 3.8) is 0 Å². The number of anilines is 2. The van der Waals surface area contributed by atoms with Crippen molar-refractivity contribution in [2.45, 2.75) is 6.92 Å². The van der Waals surface area contributed by atoms with Gasteiger partial charge < -0.3 is 9.15 Å². The van der Waals surface area contributed by atoms with Crippen LogP contribution in [0.15, 0.2) is 40.8 Å². The molecule has 116 valence electrons. The van der Waals surface area contributed by atoms with Crippen LogP contribution >= 0.6 is 22.9 Å². The van der Waals surface area contributed by atoms with Crippen molar-refractivity contribution in [1.82, 2.24) is 9.97 Å². The van der Waals surface area contributed by atoms with Gasteiger partial charge in [0.1, 0.15) is 11.3 Å². The van der Waals surface area contributed by atoms with Gasteiger partial charge in [-0.05, 0) is 43.3 Å². The predicted molar refractivity (Wildman–Crippen MR) is 93.1 cm³/mol. The Hall–Kier alpha value is -2.31. The van der Waals surface area contributed by atoms with E-state index in [2.05, 4.69) is 15.3 Å². The molecule has 0 aliphatic carbocycles. The van der Waals surface area contributed by atoms with E-state index in [-0.39, 0.29) is 0 Å². The Morgan fingerprint density at radius 1 is 1.17 bits per heavy atom. The van der Waals surface area contributed by atoms with Gasteiger partial charge in [0.2, 0.25) is 0 Å². The number of nitrogens with one attached hydrogen (secondary N) is 1. The number of rotatable bonds is 4. The number of nitrogens with zero attached hydrogens (tertiary/aromatic N) is 2. The summed E-state index contributed by atoms with van der Waals surface area (Å²) < 4.78 is 12.2. The van der Waals surface area contributed by atoms with Crippen LogP contribution in [0.4, 0.5) is 11.1 Å². The molecule has 23 heavy (non-hydrogen) atoms. The molecule has 0 spiro atoms. The van der Waals surface area contributed by atoms with E-state index >= 15 is 0 Å². The molecule has 0 aliphatic heterocycles. The van der Waals surface area contributed by atoms with Crippen molar-refractivity contribution < 1.29 is 9.15 Å². The average molecular weight is 346 g/mol. The Bertz CT molecular complexity index is 995. The second kappa shape index (κ2) is 5.72. The lowest BCUT2D eigenvalue weighted by Crippen LogP contribution is -1.90. The summed E-state index contributed by atoms with van der Waals surface area (Å²) >= 11 is 7.47. The van der Waals surface area contributed by atoms with Crippen LogP contribution in [0.1, 0.15) is 6.92 Å². The highest BCUT2D eigenvalue weighted by Crippen LogP contribution is 2.32. The molecule has 0 amide bonds. The summed E-state index contributed by atoms with van der Waals surface area (Å²) in [4.78, 5) is 8.89. The van der Waals surface area contributed by atoms with Crippen molar-refractivity contribution in [2.75, 3.05) is 11.9 Å². The number of oxazole rings is 1. The number of halogens is 1. The van der Waals surface area contributed by atoms with Gasteiger partial charge >= 0.3 is 6.01 Å². The van der Waals surface area contributed by atoms with E-state index in [0.29, 0.717) is 33.9 Å². The quantitative estimate of drug-likeness (QED) is 0.548. The zero-order valence-corrected chi connectivity index (χ0v) is 13.7. The molecule has 0 radical (unpaired) electrons. The van der Waals surface area contributed by atoms with Crippen LogP contribution in [0.2, 0.25) is 5.02 Å². The van der Waals surface area contributed by atoms with Crippen LogP contribution in [0.25, 0.3) is 21.3 Å². The fourth-order valence-corrected chi connectivity index (χ4v) is 3.31. The van der Waals surface area contributed by atoms with E-state index in [1.165, 1.54) is 11.3 Å². The Kier molecular flexibility index (Phi) is 3.55. The van der Waals surface area contributed by atoms with Crippen LogP contribution in [0.5, 0.6) is 5.75 Å². The van der Waals surface area contributed by atoms with E-state index in [9.17, 15) is 0 Å². The molecule has 4 aromatic rings. The molecule has 0 unspecified atom stereocenters. The van der Waals surface area contributed by atoms with Gasteiger partial charge in [-0.25, -0.2) is 4.98 Å². The maximum atomic E-state index is 5.96. The smallest absolute Gasteiger partial charge is 0.302 e. The van der Waals surface area contributed by atoms with Crippen molar-refractivity contribution >= 4 is 55.4 Å². The van der Waals surface area contributed by atoms with Crippen LogP contribution in [0, 0.1) is 0 Å². The third-order valence-corrected chi connectivity index (χ3v) is 4.40. The number of thiazole rings is 1. The van der Waals surface area contributed by atoms with Crippen LogP contribution in [-0.2, 0) is 0 Å². The normalized spacial score (nSPS) is 11.2. The summed E-state index contributed by atoms with van der Waals surface area (Å²) in [5.74, 6) is 0.840. The van der Waals surface area contributed by atoms with Crippen molar-refractivity contribution in [2.24, 2.45) is 0 Å². The molecule has 7 heteroatoms. The highest BCUT2D eigenvalue weighted by atomic mass is 35.5. The molecule has 5 nitrogen and oxygen atoms in total. The summed E-state index contributed by atoms with van der Waals surface area (Å²) in [6.45, 7) is 2.60. The van der Waals surface area contributed by atoms with E-state index in [1.54, 1.807) is 18.2 Å². The van der Waals surface area contributed by atoms with E-state index < -0.39 is 0 Å².